The number of hydrogen-bond donors (Lipinski definition) is 1. The van der Waals surface area contributed by atoms with Crippen molar-refractivity contribution in [2.75, 3.05) is 20.3 Å². The van der Waals surface area contributed by atoms with E-state index in [2.05, 4.69) is 32.7 Å². The summed E-state index contributed by atoms with van der Waals surface area (Å²) in [5.41, 5.74) is 1.77. The van der Waals surface area contributed by atoms with Gasteiger partial charge in [-0.3, -0.25) is 4.79 Å². The lowest BCUT2D eigenvalue weighted by Gasteiger charge is -2.03. The first-order chi connectivity index (χ1) is 9.17. The number of rotatable bonds is 5. The first-order valence-electron chi connectivity index (χ1n) is 6.23. The van der Waals surface area contributed by atoms with Gasteiger partial charge in [0.1, 0.15) is 0 Å². The molecule has 0 aliphatic carbocycles. The number of methoxy groups -OCH3 is 1. The third-order valence-corrected chi connectivity index (χ3v) is 3.51. The third kappa shape index (κ3) is 2.98. The highest BCUT2D eigenvalue weighted by molar-refractivity contribution is 9.10. The molecule has 0 fully saturated rings. The van der Waals surface area contributed by atoms with E-state index >= 15 is 0 Å². The monoisotopic (exact) mass is 324 g/mol. The summed E-state index contributed by atoms with van der Waals surface area (Å²) in [6.07, 6.45) is 1.90. The van der Waals surface area contributed by atoms with E-state index in [1.807, 2.05) is 24.4 Å². The SMILES string of the molecule is CCn1cc(C(=O)NCCOC)c2ccc(Br)cc21. The van der Waals surface area contributed by atoms with Gasteiger partial charge >= 0.3 is 0 Å². The number of nitrogens with zero attached hydrogens (tertiary/aromatic N) is 1. The molecule has 1 amide bonds. The molecule has 0 aliphatic rings. The lowest BCUT2D eigenvalue weighted by atomic mass is 10.1. The molecule has 4 nitrogen and oxygen atoms in total. The Morgan fingerprint density at radius 3 is 2.95 bits per heavy atom. The smallest absolute Gasteiger partial charge is 0.253 e. The zero-order chi connectivity index (χ0) is 13.8. The van der Waals surface area contributed by atoms with E-state index in [4.69, 9.17) is 4.74 Å². The molecule has 1 aromatic heterocycles. The maximum atomic E-state index is 12.2. The lowest BCUT2D eigenvalue weighted by Crippen LogP contribution is -2.26. The fraction of sp³-hybridized carbons (Fsp3) is 0.357. The predicted molar refractivity (Wildman–Crippen MR) is 79.5 cm³/mol. The van der Waals surface area contributed by atoms with E-state index in [1.54, 1.807) is 7.11 Å². The van der Waals surface area contributed by atoms with Crippen LogP contribution in [0.4, 0.5) is 0 Å². The molecule has 0 saturated heterocycles. The summed E-state index contributed by atoms with van der Waals surface area (Å²) in [6, 6.07) is 5.95. The highest BCUT2D eigenvalue weighted by Gasteiger charge is 2.14. The second-order valence-electron chi connectivity index (χ2n) is 4.24. The van der Waals surface area contributed by atoms with E-state index in [0.29, 0.717) is 18.7 Å². The van der Waals surface area contributed by atoms with Crippen LogP contribution in [0, 0.1) is 0 Å². The van der Waals surface area contributed by atoms with Crippen LogP contribution in [0.1, 0.15) is 17.3 Å². The number of aryl methyl sites for hydroxylation is 1. The molecule has 0 atom stereocenters. The second kappa shape index (κ2) is 6.21. The van der Waals surface area contributed by atoms with Gasteiger partial charge in [0.05, 0.1) is 12.2 Å². The summed E-state index contributed by atoms with van der Waals surface area (Å²) in [5, 5.41) is 3.83. The molecule has 1 N–H and O–H groups in total. The Hall–Kier alpha value is -1.33. The standard InChI is InChI=1S/C14H17BrN2O2/c1-3-17-9-12(14(18)16-6-7-19-2)11-5-4-10(15)8-13(11)17/h4-5,8-9H,3,6-7H2,1-2H3,(H,16,18). The number of carbonyl (C=O) groups is 1. The van der Waals surface area contributed by atoms with Crippen LogP contribution in [0.15, 0.2) is 28.9 Å². The maximum Gasteiger partial charge on any atom is 0.253 e. The highest BCUT2D eigenvalue weighted by atomic mass is 79.9. The molecule has 102 valence electrons. The Bertz CT molecular complexity index is 592. The zero-order valence-corrected chi connectivity index (χ0v) is 12.7. The lowest BCUT2D eigenvalue weighted by molar-refractivity contribution is 0.0938. The Kier molecular flexibility index (Phi) is 4.61. The predicted octanol–water partition coefficient (Wildman–Crippen LogP) is 2.80. The van der Waals surface area contributed by atoms with Gasteiger partial charge in [-0.05, 0) is 19.1 Å². The molecule has 1 aromatic carbocycles. The largest absolute Gasteiger partial charge is 0.383 e. The van der Waals surface area contributed by atoms with Crippen molar-refractivity contribution < 1.29 is 9.53 Å². The van der Waals surface area contributed by atoms with Crippen LogP contribution in [-0.2, 0) is 11.3 Å². The Balaban J connectivity index is 2.35. The van der Waals surface area contributed by atoms with E-state index in [9.17, 15) is 4.79 Å². The number of carbonyl (C=O) groups excluding carboxylic acids is 1. The van der Waals surface area contributed by atoms with Crippen LogP contribution in [0.25, 0.3) is 10.9 Å². The van der Waals surface area contributed by atoms with Crippen LogP contribution in [0.5, 0.6) is 0 Å². The van der Waals surface area contributed by atoms with Gasteiger partial charge in [-0.15, -0.1) is 0 Å². The van der Waals surface area contributed by atoms with Crippen molar-refractivity contribution in [3.05, 3.63) is 34.4 Å². The van der Waals surface area contributed by atoms with Gasteiger partial charge in [0, 0.05) is 41.8 Å². The van der Waals surface area contributed by atoms with E-state index in [1.165, 1.54) is 0 Å². The topological polar surface area (TPSA) is 43.3 Å². The van der Waals surface area contributed by atoms with Crippen LogP contribution in [0.3, 0.4) is 0 Å². The van der Waals surface area contributed by atoms with Crippen molar-refractivity contribution in [1.29, 1.82) is 0 Å². The zero-order valence-electron chi connectivity index (χ0n) is 11.1. The number of amides is 1. The molecule has 2 aromatic rings. The Morgan fingerprint density at radius 2 is 2.26 bits per heavy atom. The minimum atomic E-state index is -0.0587. The number of fused-ring (bicyclic) bond motifs is 1. The molecule has 0 aliphatic heterocycles. The van der Waals surface area contributed by atoms with Crippen molar-refractivity contribution in [2.24, 2.45) is 0 Å². The number of aromatic nitrogens is 1. The van der Waals surface area contributed by atoms with E-state index in [-0.39, 0.29) is 5.91 Å². The number of hydrogen-bond acceptors (Lipinski definition) is 2. The van der Waals surface area contributed by atoms with Crippen LogP contribution < -0.4 is 5.32 Å². The van der Waals surface area contributed by atoms with E-state index in [0.717, 1.165) is 21.9 Å². The molecular formula is C14H17BrN2O2. The van der Waals surface area contributed by atoms with Crippen molar-refractivity contribution in [3.63, 3.8) is 0 Å². The fourth-order valence-electron chi connectivity index (χ4n) is 2.07. The van der Waals surface area contributed by atoms with Gasteiger partial charge in [-0.1, -0.05) is 22.0 Å². The van der Waals surface area contributed by atoms with Gasteiger partial charge in [0.25, 0.3) is 5.91 Å². The minimum absolute atomic E-state index is 0.0587. The van der Waals surface area contributed by atoms with Gasteiger partial charge in [0.2, 0.25) is 0 Å². The summed E-state index contributed by atoms with van der Waals surface area (Å²) in [4.78, 5) is 12.2. The van der Waals surface area contributed by atoms with Crippen molar-refractivity contribution in [2.45, 2.75) is 13.5 Å². The fourth-order valence-corrected chi connectivity index (χ4v) is 2.42. The number of halogens is 1. The molecule has 0 spiro atoms. The summed E-state index contributed by atoms with van der Waals surface area (Å²) < 4.78 is 8.02. The first-order valence-corrected chi connectivity index (χ1v) is 7.02. The van der Waals surface area contributed by atoms with Crippen molar-refractivity contribution >= 4 is 32.7 Å². The summed E-state index contributed by atoms with van der Waals surface area (Å²) >= 11 is 3.46. The van der Waals surface area contributed by atoms with Gasteiger partial charge in [-0.25, -0.2) is 0 Å². The third-order valence-electron chi connectivity index (χ3n) is 3.02. The molecule has 5 heteroatoms. The van der Waals surface area contributed by atoms with Crippen LogP contribution in [-0.4, -0.2) is 30.7 Å². The quantitative estimate of drug-likeness (QED) is 0.859. The normalized spacial score (nSPS) is 10.9. The molecular weight excluding hydrogens is 308 g/mol. The van der Waals surface area contributed by atoms with Crippen LogP contribution >= 0.6 is 15.9 Å². The molecule has 19 heavy (non-hydrogen) atoms. The average molecular weight is 325 g/mol. The minimum Gasteiger partial charge on any atom is -0.383 e. The Labute approximate surface area is 120 Å². The number of benzene rings is 1. The van der Waals surface area contributed by atoms with Crippen molar-refractivity contribution in [1.82, 2.24) is 9.88 Å². The molecule has 0 unspecified atom stereocenters. The van der Waals surface area contributed by atoms with E-state index < -0.39 is 0 Å². The summed E-state index contributed by atoms with van der Waals surface area (Å²) in [5.74, 6) is -0.0587. The molecule has 2 rings (SSSR count). The summed E-state index contributed by atoms with van der Waals surface area (Å²) in [6.45, 7) is 3.93. The van der Waals surface area contributed by atoms with Gasteiger partial charge in [-0.2, -0.15) is 0 Å². The van der Waals surface area contributed by atoms with Gasteiger partial charge in [0.15, 0.2) is 0 Å². The molecule has 1 heterocycles. The maximum absolute atomic E-state index is 12.2. The first kappa shape index (κ1) is 14.1. The van der Waals surface area contributed by atoms with Gasteiger partial charge < -0.3 is 14.6 Å². The Morgan fingerprint density at radius 1 is 1.47 bits per heavy atom. The number of nitrogens with one attached hydrogen (secondary N) is 1. The molecule has 0 saturated carbocycles. The average Bonchev–Trinajstić information content (AvgIpc) is 2.76. The van der Waals surface area contributed by atoms with Crippen LogP contribution in [0.2, 0.25) is 0 Å². The summed E-state index contributed by atoms with van der Waals surface area (Å²) in [7, 11) is 1.62. The highest BCUT2D eigenvalue weighted by Crippen LogP contribution is 2.25. The molecule has 0 bridgehead atoms. The second-order valence-corrected chi connectivity index (χ2v) is 5.15. The van der Waals surface area contributed by atoms with Crippen molar-refractivity contribution in [3.8, 4) is 0 Å². The number of ether oxygens (including phenoxy) is 1. The molecule has 0 radical (unpaired) electrons.